The van der Waals surface area contributed by atoms with E-state index in [4.69, 9.17) is 20.9 Å². The summed E-state index contributed by atoms with van der Waals surface area (Å²) in [5.74, 6) is -1.04. The number of hydrogen-bond donors (Lipinski definition) is 6. The molecule has 54 heavy (non-hydrogen) atoms. The minimum Gasteiger partial charge on any atom is -0.379 e. The quantitative estimate of drug-likeness (QED) is 0.135. The van der Waals surface area contributed by atoms with Crippen LogP contribution in [0.15, 0.2) is 0 Å². The summed E-state index contributed by atoms with van der Waals surface area (Å²) in [6.45, 7) is 6.20. The fourth-order valence-corrected chi connectivity index (χ4v) is 9.27. The van der Waals surface area contributed by atoms with E-state index in [1.807, 2.05) is 20.8 Å². The Balaban J connectivity index is 1.66. The van der Waals surface area contributed by atoms with Gasteiger partial charge in [-0.25, -0.2) is 0 Å². The van der Waals surface area contributed by atoms with Gasteiger partial charge in [0.1, 0.15) is 24.2 Å². The topological polar surface area (TPSA) is 207 Å². The minimum absolute atomic E-state index is 0.111. The van der Waals surface area contributed by atoms with Gasteiger partial charge in [-0.05, 0) is 88.5 Å². The van der Waals surface area contributed by atoms with Crippen molar-refractivity contribution in [2.24, 2.45) is 41.1 Å². The van der Waals surface area contributed by atoms with Crippen LogP contribution in [0.25, 0.3) is 0 Å². The second kappa shape index (κ2) is 22.1. The van der Waals surface area contributed by atoms with Crippen molar-refractivity contribution >= 4 is 29.5 Å². The van der Waals surface area contributed by atoms with Gasteiger partial charge in [-0.1, -0.05) is 58.8 Å². The lowest BCUT2D eigenvalue weighted by Gasteiger charge is -2.36. The van der Waals surface area contributed by atoms with Gasteiger partial charge in [-0.15, -0.1) is 0 Å². The van der Waals surface area contributed by atoms with Gasteiger partial charge in [0.15, 0.2) is 0 Å². The number of fused-ring (bicyclic) bond motifs is 2. The number of hydrogen-bond acceptors (Lipinski definition) is 9. The molecule has 2 bridgehead atoms. The number of carbonyl (C=O) groups excluding carboxylic acids is 5. The largest absolute Gasteiger partial charge is 0.379 e. The Morgan fingerprint density at radius 2 is 1.44 bits per heavy atom. The highest BCUT2D eigenvalue weighted by Gasteiger charge is 2.40. The lowest BCUT2D eigenvalue weighted by molar-refractivity contribution is -0.147. The smallest absolute Gasteiger partial charge is 0.245 e. The molecule has 0 radical (unpaired) electrons. The summed E-state index contributed by atoms with van der Waals surface area (Å²) < 4.78 is 12.3. The van der Waals surface area contributed by atoms with Gasteiger partial charge in [-0.3, -0.25) is 24.0 Å². The monoisotopic (exact) mass is 762 g/mol. The molecule has 8 N–H and O–H groups in total. The minimum atomic E-state index is -1.17. The van der Waals surface area contributed by atoms with Gasteiger partial charge in [0.05, 0.1) is 25.2 Å². The number of carbonyl (C=O) groups is 5. The molecule has 0 unspecified atom stereocenters. The van der Waals surface area contributed by atoms with Crippen molar-refractivity contribution in [2.45, 2.75) is 153 Å². The van der Waals surface area contributed by atoms with Crippen molar-refractivity contribution < 1.29 is 33.4 Å². The third kappa shape index (κ3) is 12.6. The molecule has 5 amide bonds. The Bertz CT molecular complexity index is 1220. The maximum atomic E-state index is 14.4. The van der Waals surface area contributed by atoms with Crippen LogP contribution in [0.3, 0.4) is 0 Å². The van der Waals surface area contributed by atoms with E-state index in [1.54, 1.807) is 7.05 Å². The first kappa shape index (κ1) is 43.9. The summed E-state index contributed by atoms with van der Waals surface area (Å²) >= 11 is 0. The zero-order valence-electron chi connectivity index (χ0n) is 33.5. The lowest BCUT2D eigenvalue weighted by Crippen LogP contribution is -2.62. The molecule has 1 saturated heterocycles. The van der Waals surface area contributed by atoms with E-state index < -0.39 is 65.9 Å². The Kier molecular flexibility index (Phi) is 17.9. The normalized spacial score (nSPS) is 34.5. The maximum Gasteiger partial charge on any atom is 0.245 e. The molecule has 0 aromatic rings. The summed E-state index contributed by atoms with van der Waals surface area (Å²) in [6, 6.07) is -4.45. The molecule has 0 aromatic heterocycles. The molecule has 0 aromatic carbocycles. The molecule has 308 valence electrons. The van der Waals surface area contributed by atoms with E-state index in [2.05, 4.69) is 21.3 Å². The highest BCUT2D eigenvalue weighted by atomic mass is 16.5. The molecular formula is C40H71N7O7. The standard InChI is InChI=1S/C40H71N7O7/c1-5-11-33-38(50)46-35(30-12-8-6-7-9-13-30)39(51)44-31(22-42)36(48)45-32(24-53-17-10-16-41)37(49)43-25(2)23-54-34(26(3)40(52)47(33)4)21-29-19-27-14-15-28(18-27)20-29/h25-35H,5-24,41-42H2,1-4H3,(H,43,49)(H,44,51)(H,45,48)(H,46,50)/t25-,26-,27-,28+,29-,31+,32+,33+,34-,35+/m1/s1. The predicted octanol–water partition coefficient (Wildman–Crippen LogP) is 2.12. The van der Waals surface area contributed by atoms with E-state index in [-0.39, 0.29) is 31.6 Å². The number of nitrogens with two attached hydrogens (primary N) is 2. The zero-order valence-corrected chi connectivity index (χ0v) is 33.5. The first-order valence-electron chi connectivity index (χ1n) is 21.0. The molecule has 1 aliphatic heterocycles. The average Bonchev–Trinajstić information content (AvgIpc) is 3.31. The lowest BCUT2D eigenvalue weighted by atomic mass is 9.77. The van der Waals surface area contributed by atoms with Crippen LogP contribution < -0.4 is 32.7 Å². The predicted molar refractivity (Wildman–Crippen MR) is 207 cm³/mol. The fourth-order valence-electron chi connectivity index (χ4n) is 9.27. The maximum absolute atomic E-state index is 14.4. The van der Waals surface area contributed by atoms with Crippen LogP contribution in [0.2, 0.25) is 0 Å². The van der Waals surface area contributed by atoms with E-state index in [0.717, 1.165) is 69.6 Å². The van der Waals surface area contributed by atoms with Crippen LogP contribution in [0, 0.1) is 29.6 Å². The fraction of sp³-hybridized carbons (Fsp3) is 0.875. The van der Waals surface area contributed by atoms with Crippen molar-refractivity contribution in [1.29, 1.82) is 0 Å². The van der Waals surface area contributed by atoms with Crippen molar-refractivity contribution in [3.63, 3.8) is 0 Å². The Morgan fingerprint density at radius 3 is 2.07 bits per heavy atom. The average molecular weight is 762 g/mol. The molecule has 3 saturated carbocycles. The molecule has 14 nitrogen and oxygen atoms in total. The van der Waals surface area contributed by atoms with Crippen molar-refractivity contribution in [1.82, 2.24) is 26.2 Å². The van der Waals surface area contributed by atoms with Gasteiger partial charge >= 0.3 is 0 Å². The molecule has 1 heterocycles. The first-order valence-corrected chi connectivity index (χ1v) is 21.0. The highest BCUT2D eigenvalue weighted by Crippen LogP contribution is 2.46. The van der Waals surface area contributed by atoms with Crippen LogP contribution in [-0.2, 0) is 33.4 Å². The summed E-state index contributed by atoms with van der Waals surface area (Å²) in [5.41, 5.74) is 11.7. The molecule has 3 aliphatic carbocycles. The van der Waals surface area contributed by atoms with Crippen LogP contribution in [0.1, 0.15) is 117 Å². The number of rotatable bonds is 11. The summed E-state index contributed by atoms with van der Waals surface area (Å²) in [6.07, 6.45) is 13.4. The molecular weight excluding hydrogens is 690 g/mol. The van der Waals surface area contributed by atoms with Gasteiger partial charge in [0.2, 0.25) is 29.5 Å². The second-order valence-corrected chi connectivity index (χ2v) is 16.8. The number of nitrogens with one attached hydrogen (secondary N) is 4. The summed E-state index contributed by atoms with van der Waals surface area (Å²) in [4.78, 5) is 71.7. The number of likely N-dealkylation sites (N-methyl/N-ethyl adjacent to an activating group) is 1. The number of nitrogens with zero attached hydrogens (tertiary/aromatic N) is 1. The Labute approximate surface area is 323 Å². The molecule has 4 rings (SSSR count). The number of amides is 5. The SMILES string of the molecule is CCC[C@H]1C(=O)N[C@@H](C2CCCCCC2)C(=O)N[C@@H](CN)C(=O)N[C@@H](COCCCN)C(=O)N[C@H](C)CO[C@H](C[C@@H]2C[C@@H]3CC[C@@H](C3)C2)[C@@H](C)C(=O)N1C. The van der Waals surface area contributed by atoms with Gasteiger partial charge in [0, 0.05) is 26.2 Å². The van der Waals surface area contributed by atoms with E-state index in [9.17, 15) is 24.0 Å². The van der Waals surface area contributed by atoms with E-state index in [1.165, 1.54) is 24.2 Å². The van der Waals surface area contributed by atoms with E-state index >= 15 is 0 Å². The molecule has 14 heteroatoms. The van der Waals surface area contributed by atoms with Gasteiger partial charge in [-0.2, -0.15) is 0 Å². The third-order valence-corrected chi connectivity index (χ3v) is 12.4. The van der Waals surface area contributed by atoms with Crippen LogP contribution in [-0.4, -0.2) is 111 Å². The van der Waals surface area contributed by atoms with Crippen molar-refractivity contribution in [3.8, 4) is 0 Å². The molecule has 10 atom stereocenters. The van der Waals surface area contributed by atoms with Crippen LogP contribution in [0.4, 0.5) is 0 Å². The van der Waals surface area contributed by atoms with Gasteiger partial charge in [0.25, 0.3) is 0 Å². The first-order chi connectivity index (χ1) is 25.9. The zero-order chi connectivity index (χ0) is 39.2. The van der Waals surface area contributed by atoms with Crippen molar-refractivity contribution in [2.75, 3.05) is 40.0 Å². The molecule has 4 aliphatic rings. The highest BCUT2D eigenvalue weighted by molar-refractivity contribution is 5.96. The number of ether oxygens (including phenoxy) is 2. The molecule has 0 spiro atoms. The summed E-state index contributed by atoms with van der Waals surface area (Å²) in [5, 5.41) is 11.6. The third-order valence-electron chi connectivity index (χ3n) is 12.4. The Hall–Kier alpha value is -2.81. The second-order valence-electron chi connectivity index (χ2n) is 16.8. The van der Waals surface area contributed by atoms with Crippen molar-refractivity contribution in [3.05, 3.63) is 0 Å². The van der Waals surface area contributed by atoms with Gasteiger partial charge < -0.3 is 47.1 Å². The van der Waals surface area contributed by atoms with E-state index in [0.29, 0.717) is 38.3 Å². The van der Waals surface area contributed by atoms with Crippen LogP contribution in [0.5, 0.6) is 0 Å². The van der Waals surface area contributed by atoms with Crippen LogP contribution >= 0.6 is 0 Å². The Morgan fingerprint density at radius 1 is 0.796 bits per heavy atom. The summed E-state index contributed by atoms with van der Waals surface area (Å²) in [7, 11) is 1.67. The molecule has 4 fully saturated rings.